The highest BCUT2D eigenvalue weighted by Gasteiger charge is 2.18. The molecule has 0 spiro atoms. The Labute approximate surface area is 116 Å². The second-order valence-corrected chi connectivity index (χ2v) is 4.66. The van der Waals surface area contributed by atoms with Crippen molar-refractivity contribution in [3.63, 3.8) is 0 Å². The number of amides is 2. The Morgan fingerprint density at radius 3 is 2.79 bits per heavy atom. The lowest BCUT2D eigenvalue weighted by atomic mass is 10.3. The number of nitrogens with one attached hydrogen (secondary N) is 1. The normalized spacial score (nSPS) is 15.6. The van der Waals surface area contributed by atoms with Crippen molar-refractivity contribution in [3.8, 4) is 5.75 Å². The molecule has 0 atom stereocenters. The van der Waals surface area contributed by atoms with Gasteiger partial charge in [0.1, 0.15) is 5.75 Å². The van der Waals surface area contributed by atoms with Crippen LogP contribution in [0.25, 0.3) is 0 Å². The molecule has 1 aliphatic rings. The van der Waals surface area contributed by atoms with Gasteiger partial charge in [0.15, 0.2) is 6.61 Å². The van der Waals surface area contributed by atoms with Crippen molar-refractivity contribution in [1.29, 1.82) is 0 Å². The molecule has 2 amide bonds. The van der Waals surface area contributed by atoms with Gasteiger partial charge in [0.05, 0.1) is 0 Å². The molecule has 0 saturated carbocycles. The zero-order valence-corrected chi connectivity index (χ0v) is 11.2. The van der Waals surface area contributed by atoms with E-state index in [1.165, 1.54) is 0 Å². The van der Waals surface area contributed by atoms with E-state index in [0.29, 0.717) is 36.8 Å². The average molecular weight is 283 g/mol. The Balaban J connectivity index is 1.83. The number of halogens is 1. The fourth-order valence-electron chi connectivity index (χ4n) is 1.78. The minimum atomic E-state index is -0.119. The zero-order chi connectivity index (χ0) is 13.7. The maximum absolute atomic E-state index is 11.9. The summed E-state index contributed by atoms with van der Waals surface area (Å²) in [6.45, 7) is 1.42. The molecular formula is C13H15ClN2O3. The minimum absolute atomic E-state index is 0.0195. The van der Waals surface area contributed by atoms with Crippen LogP contribution in [0.4, 0.5) is 0 Å². The molecule has 0 aromatic heterocycles. The van der Waals surface area contributed by atoms with Crippen LogP contribution < -0.4 is 10.1 Å². The lowest BCUT2D eigenvalue weighted by Gasteiger charge is -2.19. The van der Waals surface area contributed by atoms with Gasteiger partial charge in [0.2, 0.25) is 5.91 Å². The molecule has 0 aliphatic carbocycles. The Hall–Kier alpha value is -1.75. The Morgan fingerprint density at radius 1 is 1.32 bits per heavy atom. The molecule has 6 heteroatoms. The van der Waals surface area contributed by atoms with Crippen LogP contribution in [-0.4, -0.2) is 43.0 Å². The van der Waals surface area contributed by atoms with E-state index in [2.05, 4.69) is 5.32 Å². The van der Waals surface area contributed by atoms with Gasteiger partial charge < -0.3 is 15.0 Å². The van der Waals surface area contributed by atoms with Gasteiger partial charge >= 0.3 is 0 Å². The highest BCUT2D eigenvalue weighted by molar-refractivity contribution is 6.30. The molecule has 102 valence electrons. The summed E-state index contributed by atoms with van der Waals surface area (Å²) in [5.74, 6) is 0.460. The van der Waals surface area contributed by atoms with Crippen LogP contribution in [0.3, 0.4) is 0 Å². The summed E-state index contributed by atoms with van der Waals surface area (Å²) >= 11 is 5.76. The number of rotatable bonds is 3. The largest absolute Gasteiger partial charge is 0.484 e. The van der Waals surface area contributed by atoms with Crippen molar-refractivity contribution in [2.75, 3.05) is 26.2 Å². The van der Waals surface area contributed by atoms with Gasteiger partial charge in [0.25, 0.3) is 5.91 Å². The first kappa shape index (κ1) is 13.7. The quantitative estimate of drug-likeness (QED) is 0.902. The molecule has 1 N–H and O–H groups in total. The SMILES string of the molecule is O=C1CCN(C(=O)COc2ccc(Cl)cc2)CCN1. The first-order valence-corrected chi connectivity index (χ1v) is 6.46. The van der Waals surface area contributed by atoms with E-state index in [1.54, 1.807) is 29.2 Å². The van der Waals surface area contributed by atoms with Crippen LogP contribution in [0.15, 0.2) is 24.3 Å². The number of ether oxygens (including phenoxy) is 1. The number of carbonyl (C=O) groups excluding carboxylic acids is 2. The molecule has 1 heterocycles. The molecule has 0 radical (unpaired) electrons. The van der Waals surface area contributed by atoms with Crippen LogP contribution in [0.5, 0.6) is 5.75 Å². The fourth-order valence-corrected chi connectivity index (χ4v) is 1.91. The molecule has 1 aromatic carbocycles. The summed E-state index contributed by atoms with van der Waals surface area (Å²) < 4.78 is 5.39. The van der Waals surface area contributed by atoms with E-state index in [-0.39, 0.29) is 18.4 Å². The lowest BCUT2D eigenvalue weighted by molar-refractivity contribution is -0.133. The van der Waals surface area contributed by atoms with Crippen molar-refractivity contribution in [2.24, 2.45) is 0 Å². The van der Waals surface area contributed by atoms with Crippen LogP contribution >= 0.6 is 11.6 Å². The summed E-state index contributed by atoms with van der Waals surface area (Å²) in [5, 5.41) is 3.34. The second-order valence-electron chi connectivity index (χ2n) is 4.22. The maximum Gasteiger partial charge on any atom is 0.260 e. The summed E-state index contributed by atoms with van der Waals surface area (Å²) in [6.07, 6.45) is 0.340. The molecular weight excluding hydrogens is 268 g/mol. The maximum atomic E-state index is 11.9. The first-order valence-electron chi connectivity index (χ1n) is 6.08. The minimum Gasteiger partial charge on any atom is -0.484 e. The third kappa shape index (κ3) is 4.13. The van der Waals surface area contributed by atoms with Crippen LogP contribution in [0.2, 0.25) is 5.02 Å². The van der Waals surface area contributed by atoms with Crippen LogP contribution in [0.1, 0.15) is 6.42 Å². The molecule has 1 fully saturated rings. The lowest BCUT2D eigenvalue weighted by Crippen LogP contribution is -2.37. The molecule has 19 heavy (non-hydrogen) atoms. The Morgan fingerprint density at radius 2 is 2.05 bits per heavy atom. The molecule has 5 nitrogen and oxygen atoms in total. The molecule has 1 aliphatic heterocycles. The topological polar surface area (TPSA) is 58.6 Å². The number of hydrogen-bond acceptors (Lipinski definition) is 3. The number of hydrogen-bond donors (Lipinski definition) is 1. The summed E-state index contributed by atoms with van der Waals surface area (Å²) in [5.41, 5.74) is 0. The molecule has 0 unspecified atom stereocenters. The molecule has 1 aromatic rings. The Kier molecular flexibility index (Phi) is 4.63. The van der Waals surface area contributed by atoms with Gasteiger partial charge in [0, 0.05) is 31.1 Å². The van der Waals surface area contributed by atoms with Crippen molar-refractivity contribution in [1.82, 2.24) is 10.2 Å². The van der Waals surface area contributed by atoms with Gasteiger partial charge in [-0.25, -0.2) is 0 Å². The fraction of sp³-hybridized carbons (Fsp3) is 0.385. The highest BCUT2D eigenvalue weighted by Crippen LogP contribution is 2.15. The standard InChI is InChI=1S/C13H15ClN2O3/c14-10-1-3-11(4-2-10)19-9-13(18)16-7-5-12(17)15-6-8-16/h1-4H,5-9H2,(H,15,17). The molecule has 1 saturated heterocycles. The summed E-state index contributed by atoms with van der Waals surface area (Å²) in [6, 6.07) is 6.83. The predicted octanol–water partition coefficient (Wildman–Crippen LogP) is 1.07. The van der Waals surface area contributed by atoms with E-state index in [9.17, 15) is 9.59 Å². The molecule has 2 rings (SSSR count). The molecule has 0 bridgehead atoms. The summed E-state index contributed by atoms with van der Waals surface area (Å²) in [7, 11) is 0. The van der Waals surface area contributed by atoms with Crippen LogP contribution in [0, 0.1) is 0 Å². The second kappa shape index (κ2) is 6.43. The van der Waals surface area contributed by atoms with Crippen LogP contribution in [-0.2, 0) is 9.59 Å². The average Bonchev–Trinajstić information content (AvgIpc) is 2.63. The van der Waals surface area contributed by atoms with Gasteiger partial charge in [-0.05, 0) is 24.3 Å². The predicted molar refractivity (Wildman–Crippen MR) is 71.2 cm³/mol. The first-order chi connectivity index (χ1) is 9.15. The Bertz CT molecular complexity index is 461. The van der Waals surface area contributed by atoms with Crippen molar-refractivity contribution >= 4 is 23.4 Å². The van der Waals surface area contributed by atoms with Crippen molar-refractivity contribution < 1.29 is 14.3 Å². The van der Waals surface area contributed by atoms with Crippen molar-refractivity contribution in [2.45, 2.75) is 6.42 Å². The number of benzene rings is 1. The smallest absolute Gasteiger partial charge is 0.260 e. The summed E-state index contributed by atoms with van der Waals surface area (Å²) in [4.78, 5) is 24.7. The third-order valence-corrected chi connectivity index (χ3v) is 3.09. The highest BCUT2D eigenvalue weighted by atomic mass is 35.5. The van der Waals surface area contributed by atoms with E-state index < -0.39 is 0 Å². The zero-order valence-electron chi connectivity index (χ0n) is 10.4. The third-order valence-electron chi connectivity index (χ3n) is 2.84. The number of carbonyl (C=O) groups is 2. The van der Waals surface area contributed by atoms with E-state index in [4.69, 9.17) is 16.3 Å². The van der Waals surface area contributed by atoms with E-state index in [0.717, 1.165) is 0 Å². The van der Waals surface area contributed by atoms with Gasteiger partial charge in [-0.1, -0.05) is 11.6 Å². The monoisotopic (exact) mass is 282 g/mol. The van der Waals surface area contributed by atoms with Gasteiger partial charge in [-0.15, -0.1) is 0 Å². The van der Waals surface area contributed by atoms with Gasteiger partial charge in [-0.3, -0.25) is 9.59 Å². The van der Waals surface area contributed by atoms with E-state index in [1.807, 2.05) is 0 Å². The number of nitrogens with zero attached hydrogens (tertiary/aromatic N) is 1. The van der Waals surface area contributed by atoms with E-state index >= 15 is 0 Å². The van der Waals surface area contributed by atoms with Gasteiger partial charge in [-0.2, -0.15) is 0 Å². The van der Waals surface area contributed by atoms with Crippen molar-refractivity contribution in [3.05, 3.63) is 29.3 Å².